The topological polar surface area (TPSA) is 6.48 Å². The zero-order valence-electron chi connectivity index (χ0n) is 12.9. The fourth-order valence-corrected chi connectivity index (χ4v) is 4.71. The largest absolute Gasteiger partial charge is 0.416 e. The van der Waals surface area contributed by atoms with E-state index in [0.29, 0.717) is 12.2 Å². The zero-order chi connectivity index (χ0) is 16.6. The molecule has 0 fully saturated rings. The number of nitrogens with zero attached hydrogens (tertiary/aromatic N) is 2. The smallest absolute Gasteiger partial charge is 0.339 e. The quantitative estimate of drug-likeness (QED) is 0.730. The van der Waals surface area contributed by atoms with E-state index in [9.17, 15) is 13.2 Å². The van der Waals surface area contributed by atoms with Crippen molar-refractivity contribution in [2.24, 2.45) is 0 Å². The van der Waals surface area contributed by atoms with Crippen LogP contribution in [0.1, 0.15) is 12.0 Å². The van der Waals surface area contributed by atoms with Gasteiger partial charge in [-0.05, 0) is 56.7 Å². The summed E-state index contributed by atoms with van der Waals surface area (Å²) in [7, 11) is 4.00. The first kappa shape index (κ1) is 16.7. The Kier molecular flexibility index (Phi) is 4.62. The first-order valence-electron chi connectivity index (χ1n) is 7.25. The van der Waals surface area contributed by atoms with E-state index in [0.717, 1.165) is 27.8 Å². The van der Waals surface area contributed by atoms with Crippen molar-refractivity contribution in [3.8, 4) is 0 Å². The SMILES string of the molecule is CN(C)CCCN1c2cc(C(F)(F)F)ccc2Sc2sccc21. The van der Waals surface area contributed by atoms with Crippen molar-refractivity contribution in [1.82, 2.24) is 4.90 Å². The molecule has 0 bridgehead atoms. The molecule has 7 heteroatoms. The van der Waals surface area contributed by atoms with Crippen molar-refractivity contribution in [3.63, 3.8) is 0 Å². The third-order valence-electron chi connectivity index (χ3n) is 3.67. The molecule has 1 aromatic carbocycles. The molecule has 0 N–H and O–H groups in total. The molecule has 1 aliphatic heterocycles. The number of hydrogen-bond acceptors (Lipinski definition) is 4. The van der Waals surface area contributed by atoms with Gasteiger partial charge in [0.2, 0.25) is 0 Å². The highest BCUT2D eigenvalue weighted by Gasteiger charge is 2.33. The predicted molar refractivity (Wildman–Crippen MR) is 90.1 cm³/mol. The Hall–Kier alpha value is -1.18. The van der Waals surface area contributed by atoms with Crippen molar-refractivity contribution in [2.75, 3.05) is 32.1 Å². The first-order chi connectivity index (χ1) is 10.9. The molecule has 124 valence electrons. The maximum absolute atomic E-state index is 13.0. The van der Waals surface area contributed by atoms with E-state index in [-0.39, 0.29) is 0 Å². The minimum Gasteiger partial charge on any atom is -0.339 e. The van der Waals surface area contributed by atoms with Crippen LogP contribution < -0.4 is 4.90 Å². The summed E-state index contributed by atoms with van der Waals surface area (Å²) in [6.45, 7) is 1.61. The van der Waals surface area contributed by atoms with Gasteiger partial charge in [0.05, 0.1) is 21.1 Å². The second-order valence-electron chi connectivity index (χ2n) is 5.68. The molecule has 1 aliphatic rings. The Morgan fingerprint density at radius 1 is 1.13 bits per heavy atom. The third kappa shape index (κ3) is 3.51. The number of thiophene rings is 1. The number of hydrogen-bond donors (Lipinski definition) is 0. The summed E-state index contributed by atoms with van der Waals surface area (Å²) >= 11 is 3.18. The molecule has 2 heterocycles. The van der Waals surface area contributed by atoms with Crippen LogP contribution in [0.5, 0.6) is 0 Å². The number of benzene rings is 1. The number of halogens is 3. The van der Waals surface area contributed by atoms with Crippen molar-refractivity contribution >= 4 is 34.5 Å². The normalized spacial score (nSPS) is 14.1. The molecule has 0 saturated carbocycles. The van der Waals surface area contributed by atoms with Gasteiger partial charge in [0.1, 0.15) is 0 Å². The molecule has 0 spiro atoms. The number of rotatable bonds is 4. The molecule has 1 aromatic heterocycles. The van der Waals surface area contributed by atoms with Crippen LogP contribution in [0.25, 0.3) is 0 Å². The van der Waals surface area contributed by atoms with E-state index in [1.54, 1.807) is 29.2 Å². The van der Waals surface area contributed by atoms with E-state index >= 15 is 0 Å². The standard InChI is InChI=1S/C16H17F3N2S2/c1-20(2)7-3-8-21-12-6-9-22-15(12)23-14-5-4-11(10-13(14)21)16(17,18)19/h4-6,9-10H,3,7-8H2,1-2H3. The summed E-state index contributed by atoms with van der Waals surface area (Å²) in [6, 6.07) is 6.03. The first-order valence-corrected chi connectivity index (χ1v) is 8.95. The summed E-state index contributed by atoms with van der Waals surface area (Å²) in [5, 5.41) is 1.99. The van der Waals surface area contributed by atoms with Crippen LogP contribution in [0.4, 0.5) is 24.5 Å². The van der Waals surface area contributed by atoms with Gasteiger partial charge in [0.15, 0.2) is 0 Å². The van der Waals surface area contributed by atoms with Gasteiger partial charge in [0.25, 0.3) is 0 Å². The van der Waals surface area contributed by atoms with Crippen molar-refractivity contribution in [1.29, 1.82) is 0 Å². The van der Waals surface area contributed by atoms with Gasteiger partial charge < -0.3 is 9.80 Å². The summed E-state index contributed by atoms with van der Waals surface area (Å²) in [5.74, 6) is 0. The summed E-state index contributed by atoms with van der Waals surface area (Å²) in [4.78, 5) is 4.99. The van der Waals surface area contributed by atoms with E-state index in [2.05, 4.69) is 4.90 Å². The van der Waals surface area contributed by atoms with E-state index in [4.69, 9.17) is 0 Å². The second kappa shape index (κ2) is 6.37. The molecule has 2 nitrogen and oxygen atoms in total. The number of alkyl halides is 3. The minimum absolute atomic E-state index is 0.590. The lowest BCUT2D eigenvalue weighted by Gasteiger charge is -2.31. The molecule has 2 aromatic rings. The Bertz CT molecular complexity index is 695. The molecule has 0 aliphatic carbocycles. The second-order valence-corrected chi connectivity index (χ2v) is 7.91. The number of fused-ring (bicyclic) bond motifs is 2. The van der Waals surface area contributed by atoms with Gasteiger partial charge in [-0.25, -0.2) is 0 Å². The summed E-state index contributed by atoms with van der Waals surface area (Å²) in [5.41, 5.74) is 1.09. The average molecular weight is 358 g/mol. The monoisotopic (exact) mass is 358 g/mol. The Morgan fingerprint density at radius 2 is 1.91 bits per heavy atom. The Labute approximate surface area is 141 Å². The van der Waals surface area contributed by atoms with Crippen molar-refractivity contribution < 1.29 is 13.2 Å². The highest BCUT2D eigenvalue weighted by atomic mass is 32.2. The van der Waals surface area contributed by atoms with Crippen molar-refractivity contribution in [2.45, 2.75) is 21.7 Å². The van der Waals surface area contributed by atoms with Crippen LogP contribution >= 0.6 is 23.1 Å². The lowest BCUT2D eigenvalue weighted by molar-refractivity contribution is -0.137. The van der Waals surface area contributed by atoms with E-state index in [1.165, 1.54) is 12.1 Å². The zero-order valence-corrected chi connectivity index (χ0v) is 14.5. The lowest BCUT2D eigenvalue weighted by atomic mass is 10.1. The molecular formula is C16H17F3N2S2. The van der Waals surface area contributed by atoms with Crippen LogP contribution in [-0.4, -0.2) is 32.1 Å². The van der Waals surface area contributed by atoms with Crippen LogP contribution in [-0.2, 0) is 6.18 Å². The van der Waals surface area contributed by atoms with Crippen LogP contribution in [0, 0.1) is 0 Å². The molecule has 3 rings (SSSR count). The minimum atomic E-state index is -4.32. The molecular weight excluding hydrogens is 341 g/mol. The molecule has 0 atom stereocenters. The van der Waals surface area contributed by atoms with Gasteiger partial charge in [-0.3, -0.25) is 0 Å². The lowest BCUT2D eigenvalue weighted by Crippen LogP contribution is -2.25. The maximum atomic E-state index is 13.0. The molecule has 0 unspecified atom stereocenters. The molecule has 0 saturated heterocycles. The number of anilines is 2. The van der Waals surface area contributed by atoms with Gasteiger partial charge in [0, 0.05) is 11.4 Å². The van der Waals surface area contributed by atoms with Gasteiger partial charge in [-0.1, -0.05) is 11.8 Å². The van der Waals surface area contributed by atoms with Gasteiger partial charge in [-0.2, -0.15) is 13.2 Å². The fraction of sp³-hybridized carbons (Fsp3) is 0.375. The van der Waals surface area contributed by atoms with Gasteiger partial charge >= 0.3 is 6.18 Å². The van der Waals surface area contributed by atoms with E-state index in [1.807, 2.05) is 30.4 Å². The maximum Gasteiger partial charge on any atom is 0.416 e. The van der Waals surface area contributed by atoms with Crippen molar-refractivity contribution in [3.05, 3.63) is 35.2 Å². The van der Waals surface area contributed by atoms with Crippen LogP contribution in [0.2, 0.25) is 0 Å². The molecule has 0 amide bonds. The van der Waals surface area contributed by atoms with E-state index < -0.39 is 11.7 Å². The van der Waals surface area contributed by atoms with Gasteiger partial charge in [-0.15, -0.1) is 11.3 Å². The summed E-state index contributed by atoms with van der Waals surface area (Å²) in [6.07, 6.45) is -3.42. The molecule has 0 radical (unpaired) electrons. The summed E-state index contributed by atoms with van der Waals surface area (Å²) < 4.78 is 40.3. The average Bonchev–Trinajstić information content (AvgIpc) is 2.92. The van der Waals surface area contributed by atoms with Crippen LogP contribution in [0.15, 0.2) is 38.8 Å². The predicted octanol–water partition coefficient (Wildman–Crippen LogP) is 5.32. The van der Waals surface area contributed by atoms with Crippen LogP contribution in [0.3, 0.4) is 0 Å². The molecule has 23 heavy (non-hydrogen) atoms. The fourth-order valence-electron chi connectivity index (χ4n) is 2.57. The Morgan fingerprint density at radius 3 is 2.61 bits per heavy atom. The highest BCUT2D eigenvalue weighted by Crippen LogP contribution is 2.51. The third-order valence-corrected chi connectivity index (χ3v) is 5.86. The Balaban J connectivity index is 1.95. The highest BCUT2D eigenvalue weighted by molar-refractivity contribution is 8.01.